The second kappa shape index (κ2) is 5.00. The number of hydroxylamine groups is 1. The summed E-state index contributed by atoms with van der Waals surface area (Å²) in [4.78, 5) is 38.6. The minimum atomic E-state index is -1.19. The van der Waals surface area contributed by atoms with Crippen LogP contribution in [0.5, 0.6) is 0 Å². The quantitative estimate of drug-likeness (QED) is 0.543. The Balaban J connectivity index is 2.40. The Hall–Kier alpha value is -1.83. The van der Waals surface area contributed by atoms with E-state index in [0.717, 1.165) is 0 Å². The summed E-state index contributed by atoms with van der Waals surface area (Å²) in [7, 11) is 0. The minimum absolute atomic E-state index is 0.199. The van der Waals surface area contributed by atoms with Gasteiger partial charge in [0.05, 0.1) is 5.41 Å². The van der Waals surface area contributed by atoms with Crippen molar-refractivity contribution in [2.24, 2.45) is 11.1 Å². The average molecular weight is 245 g/mol. The molecule has 8 nitrogen and oxygen atoms in total. The Kier molecular flexibility index (Phi) is 3.89. The monoisotopic (exact) mass is 245 g/mol. The third-order valence-electron chi connectivity index (χ3n) is 2.71. The molecule has 8 heteroatoms. The van der Waals surface area contributed by atoms with Crippen molar-refractivity contribution in [3.8, 4) is 0 Å². The largest absolute Gasteiger partial charge is 0.479 e. The fourth-order valence-electron chi connectivity index (χ4n) is 1.56. The normalized spacial score (nSPS) is 23.5. The van der Waals surface area contributed by atoms with Crippen molar-refractivity contribution in [1.82, 2.24) is 10.4 Å². The molecule has 4 N–H and O–H groups in total. The van der Waals surface area contributed by atoms with Crippen molar-refractivity contribution in [1.29, 1.82) is 0 Å². The number of carbonyl (C=O) groups is 3. The topological polar surface area (TPSA) is 122 Å². The number of carbonyl (C=O) groups excluding carboxylic acids is 2. The van der Waals surface area contributed by atoms with E-state index in [1.807, 2.05) is 5.48 Å². The van der Waals surface area contributed by atoms with Gasteiger partial charge in [0.25, 0.3) is 0 Å². The van der Waals surface area contributed by atoms with Crippen LogP contribution in [0.2, 0.25) is 0 Å². The first-order chi connectivity index (χ1) is 7.85. The Bertz CT molecular complexity index is 346. The molecule has 0 aromatic rings. The molecule has 0 spiro atoms. The maximum Gasteiger partial charge on any atom is 0.341 e. The van der Waals surface area contributed by atoms with Crippen LogP contribution in [-0.2, 0) is 14.4 Å². The van der Waals surface area contributed by atoms with Crippen LogP contribution in [0.4, 0.5) is 4.79 Å². The molecule has 0 radical (unpaired) electrons. The number of likely N-dealkylation sites (tertiary alicyclic amines) is 1. The van der Waals surface area contributed by atoms with E-state index in [0.29, 0.717) is 13.0 Å². The molecule has 1 saturated heterocycles. The highest BCUT2D eigenvalue weighted by atomic mass is 16.7. The van der Waals surface area contributed by atoms with E-state index in [1.54, 1.807) is 6.92 Å². The van der Waals surface area contributed by atoms with Gasteiger partial charge in [-0.05, 0) is 13.3 Å². The molecule has 17 heavy (non-hydrogen) atoms. The fourth-order valence-corrected chi connectivity index (χ4v) is 1.56. The molecule has 3 amide bonds. The molecular formula is C9H15N3O5. The van der Waals surface area contributed by atoms with Crippen LogP contribution < -0.4 is 11.2 Å². The van der Waals surface area contributed by atoms with Crippen LogP contribution in [0, 0.1) is 5.41 Å². The average Bonchev–Trinajstić information content (AvgIpc) is 2.62. The van der Waals surface area contributed by atoms with E-state index in [4.69, 9.17) is 10.8 Å². The number of hydrogen-bond donors (Lipinski definition) is 3. The first-order valence-corrected chi connectivity index (χ1v) is 5.03. The van der Waals surface area contributed by atoms with Gasteiger partial charge in [-0.25, -0.2) is 15.1 Å². The maximum atomic E-state index is 11.5. The first-order valence-electron chi connectivity index (χ1n) is 5.03. The van der Waals surface area contributed by atoms with E-state index in [9.17, 15) is 14.4 Å². The van der Waals surface area contributed by atoms with E-state index in [2.05, 4.69) is 4.84 Å². The van der Waals surface area contributed by atoms with Crippen LogP contribution >= 0.6 is 0 Å². The SMILES string of the molecule is CC1(C(N)=O)CCN(C(=O)NOCC(=O)O)C1. The zero-order valence-corrected chi connectivity index (χ0v) is 9.43. The molecular weight excluding hydrogens is 230 g/mol. The lowest BCUT2D eigenvalue weighted by molar-refractivity contribution is -0.144. The lowest BCUT2D eigenvalue weighted by Crippen LogP contribution is -2.42. The van der Waals surface area contributed by atoms with Crippen molar-refractivity contribution < 1.29 is 24.3 Å². The van der Waals surface area contributed by atoms with Crippen molar-refractivity contribution in [3.05, 3.63) is 0 Å². The lowest BCUT2D eigenvalue weighted by Gasteiger charge is -2.20. The summed E-state index contributed by atoms with van der Waals surface area (Å²) in [5, 5.41) is 8.30. The third kappa shape index (κ3) is 3.31. The summed E-state index contributed by atoms with van der Waals surface area (Å²) in [5.74, 6) is -1.65. The number of nitrogens with zero attached hydrogens (tertiary/aromatic N) is 1. The minimum Gasteiger partial charge on any atom is -0.479 e. The number of nitrogens with two attached hydrogens (primary N) is 1. The van der Waals surface area contributed by atoms with Crippen LogP contribution in [0.15, 0.2) is 0 Å². The van der Waals surface area contributed by atoms with Gasteiger partial charge in [0.15, 0.2) is 6.61 Å². The Morgan fingerprint density at radius 3 is 2.65 bits per heavy atom. The van der Waals surface area contributed by atoms with Crippen molar-refractivity contribution >= 4 is 17.9 Å². The van der Waals surface area contributed by atoms with Crippen LogP contribution in [0.1, 0.15) is 13.3 Å². The van der Waals surface area contributed by atoms with E-state index >= 15 is 0 Å². The van der Waals surface area contributed by atoms with E-state index < -0.39 is 29.9 Å². The summed E-state index contributed by atoms with van der Waals surface area (Å²) < 4.78 is 0. The summed E-state index contributed by atoms with van der Waals surface area (Å²) >= 11 is 0. The zero-order chi connectivity index (χ0) is 13.1. The molecule has 1 atom stereocenters. The molecule has 0 aliphatic carbocycles. The predicted molar refractivity (Wildman–Crippen MR) is 55.6 cm³/mol. The predicted octanol–water partition coefficient (Wildman–Crippen LogP) is -1.09. The standard InChI is InChI=1S/C9H15N3O5/c1-9(7(10)15)2-3-12(5-9)8(16)11-17-4-6(13)14/h2-5H2,1H3,(H2,10,15)(H,11,16)(H,13,14). The van der Waals surface area contributed by atoms with Crippen LogP contribution in [0.25, 0.3) is 0 Å². The van der Waals surface area contributed by atoms with Crippen molar-refractivity contribution in [2.75, 3.05) is 19.7 Å². The third-order valence-corrected chi connectivity index (χ3v) is 2.71. The number of carboxylic acid groups (broad SMARTS) is 1. The van der Waals surface area contributed by atoms with Gasteiger partial charge in [-0.2, -0.15) is 0 Å². The number of amides is 3. The van der Waals surface area contributed by atoms with Gasteiger partial charge in [0.2, 0.25) is 5.91 Å². The van der Waals surface area contributed by atoms with Gasteiger partial charge in [-0.1, -0.05) is 0 Å². The van der Waals surface area contributed by atoms with Gasteiger partial charge in [-0.15, -0.1) is 0 Å². The molecule has 1 aliphatic rings. The molecule has 0 aromatic heterocycles. The lowest BCUT2D eigenvalue weighted by atomic mass is 9.89. The second-order valence-electron chi connectivity index (χ2n) is 4.19. The molecule has 0 bridgehead atoms. The summed E-state index contributed by atoms with van der Waals surface area (Å²) in [6, 6.07) is -0.573. The number of aliphatic carboxylic acids is 1. The fraction of sp³-hybridized carbons (Fsp3) is 0.667. The van der Waals surface area contributed by atoms with Crippen molar-refractivity contribution in [3.63, 3.8) is 0 Å². The number of rotatable bonds is 4. The summed E-state index contributed by atoms with van der Waals surface area (Å²) in [5.41, 5.74) is 6.48. The number of hydrogen-bond acceptors (Lipinski definition) is 4. The highest BCUT2D eigenvalue weighted by molar-refractivity contribution is 5.83. The molecule has 1 unspecified atom stereocenters. The van der Waals surface area contributed by atoms with Gasteiger partial charge in [-0.3, -0.25) is 9.63 Å². The Morgan fingerprint density at radius 2 is 2.18 bits per heavy atom. The summed E-state index contributed by atoms with van der Waals surface area (Å²) in [6.07, 6.45) is 0.481. The van der Waals surface area contributed by atoms with Gasteiger partial charge < -0.3 is 15.7 Å². The molecule has 1 heterocycles. The molecule has 0 saturated carbocycles. The Morgan fingerprint density at radius 1 is 1.53 bits per heavy atom. The molecule has 1 aliphatic heterocycles. The molecule has 0 aromatic carbocycles. The highest BCUT2D eigenvalue weighted by Gasteiger charge is 2.40. The number of primary amides is 1. The second-order valence-corrected chi connectivity index (χ2v) is 4.19. The highest BCUT2D eigenvalue weighted by Crippen LogP contribution is 2.29. The molecule has 1 fully saturated rings. The van der Waals surface area contributed by atoms with Gasteiger partial charge >= 0.3 is 12.0 Å². The summed E-state index contributed by atoms with van der Waals surface area (Å²) in [6.45, 7) is 1.64. The smallest absolute Gasteiger partial charge is 0.341 e. The zero-order valence-electron chi connectivity index (χ0n) is 9.43. The van der Waals surface area contributed by atoms with Crippen LogP contribution in [-0.4, -0.2) is 47.6 Å². The first kappa shape index (κ1) is 13.2. The van der Waals surface area contributed by atoms with E-state index in [-0.39, 0.29) is 6.54 Å². The number of nitrogens with one attached hydrogen (secondary N) is 1. The van der Waals surface area contributed by atoms with E-state index in [1.165, 1.54) is 4.90 Å². The van der Waals surface area contributed by atoms with Crippen molar-refractivity contribution in [2.45, 2.75) is 13.3 Å². The van der Waals surface area contributed by atoms with Crippen LogP contribution in [0.3, 0.4) is 0 Å². The Labute approximate surface area is 97.6 Å². The number of carboxylic acids is 1. The van der Waals surface area contributed by atoms with Gasteiger partial charge in [0.1, 0.15) is 0 Å². The van der Waals surface area contributed by atoms with Gasteiger partial charge in [0, 0.05) is 13.1 Å². The maximum absolute atomic E-state index is 11.5. The number of urea groups is 1. The molecule has 96 valence electrons. The molecule has 1 rings (SSSR count).